The van der Waals surface area contributed by atoms with E-state index in [1.54, 1.807) is 0 Å². The van der Waals surface area contributed by atoms with E-state index >= 15 is 0 Å². The molecule has 0 aromatic rings. The molecule has 0 aliphatic carbocycles. The van der Waals surface area contributed by atoms with Gasteiger partial charge in [-0.3, -0.25) is 4.79 Å². The molecule has 17 heavy (non-hydrogen) atoms. The Bertz CT molecular complexity index is 277. The molecule has 0 saturated carbocycles. The van der Waals surface area contributed by atoms with Crippen LogP contribution in [0.15, 0.2) is 12.1 Å². The first-order chi connectivity index (χ1) is 8.31. The Kier molecular flexibility index (Phi) is 4.66. The lowest BCUT2D eigenvalue weighted by Gasteiger charge is -2.24. The first kappa shape index (κ1) is 12.7. The van der Waals surface area contributed by atoms with Crippen molar-refractivity contribution >= 4 is 12.6 Å². The van der Waals surface area contributed by atoms with E-state index in [1.165, 1.54) is 39.2 Å². The minimum atomic E-state index is -0.0382. The highest BCUT2D eigenvalue weighted by molar-refractivity contribution is 6.68. The van der Waals surface area contributed by atoms with Gasteiger partial charge in [0, 0.05) is 13.7 Å². The first-order valence-corrected chi connectivity index (χ1v) is 6.73. The molecule has 2 fully saturated rings. The van der Waals surface area contributed by atoms with Gasteiger partial charge in [-0.1, -0.05) is 49.8 Å². The van der Waals surface area contributed by atoms with Crippen LogP contribution < -0.4 is 5.32 Å². The van der Waals surface area contributed by atoms with E-state index in [9.17, 15) is 4.79 Å². The van der Waals surface area contributed by atoms with Crippen molar-refractivity contribution in [2.45, 2.75) is 43.7 Å². The third-order valence-corrected chi connectivity index (χ3v) is 4.20. The van der Waals surface area contributed by atoms with Gasteiger partial charge in [0.15, 0.2) is 6.71 Å². The molecule has 0 radical (unpaired) electrons. The zero-order valence-electron chi connectivity index (χ0n) is 10.7. The highest BCUT2D eigenvalue weighted by Gasteiger charge is 2.39. The molecule has 94 valence electrons. The third kappa shape index (κ3) is 3.35. The van der Waals surface area contributed by atoms with Crippen LogP contribution in [0.4, 0.5) is 0 Å². The van der Waals surface area contributed by atoms with E-state index in [0.717, 1.165) is 18.3 Å². The smallest absolute Gasteiger partial charge is 0.246 e. The van der Waals surface area contributed by atoms with Gasteiger partial charge >= 0.3 is 0 Å². The fraction of sp³-hybridized carbons (Fsp3) is 0.769. The molecule has 2 unspecified atom stereocenters. The molecule has 4 heteroatoms. The second-order valence-electron chi connectivity index (χ2n) is 5.27. The number of carbonyl (C=O) groups is 1. The number of methoxy groups -OCH3 is 1. The van der Waals surface area contributed by atoms with Crippen LogP contribution in [-0.2, 0) is 9.53 Å². The fourth-order valence-corrected chi connectivity index (χ4v) is 3.41. The quantitative estimate of drug-likeness (QED) is 0.740. The van der Waals surface area contributed by atoms with Crippen molar-refractivity contribution in [3.8, 4) is 0 Å². The Morgan fingerprint density at radius 1 is 1.35 bits per heavy atom. The summed E-state index contributed by atoms with van der Waals surface area (Å²) >= 11 is 0. The van der Waals surface area contributed by atoms with Gasteiger partial charge in [0.05, 0.1) is 0 Å². The van der Waals surface area contributed by atoms with Crippen molar-refractivity contribution in [1.29, 1.82) is 0 Å². The Labute approximate surface area is 104 Å². The zero-order valence-corrected chi connectivity index (χ0v) is 10.7. The second-order valence-corrected chi connectivity index (χ2v) is 5.27. The summed E-state index contributed by atoms with van der Waals surface area (Å²) in [5.41, 5.74) is 0. The summed E-state index contributed by atoms with van der Waals surface area (Å²) in [7, 11) is 1.54. The summed E-state index contributed by atoms with van der Waals surface area (Å²) in [5.74, 6) is 4.14. The Balaban J connectivity index is 1.72. The average Bonchev–Trinajstić information content (AvgIpc) is 2.55. The van der Waals surface area contributed by atoms with Gasteiger partial charge in [0.25, 0.3) is 0 Å². The van der Waals surface area contributed by atoms with Crippen LogP contribution in [0.2, 0.25) is 11.6 Å². The number of carbonyl (C=O) groups excluding carboxylic acids is 1. The van der Waals surface area contributed by atoms with Gasteiger partial charge < -0.3 is 10.1 Å². The average molecular weight is 235 g/mol. The van der Waals surface area contributed by atoms with Crippen molar-refractivity contribution in [2.24, 2.45) is 0 Å². The SMILES string of the molecule is COCC(=O)NC/C=C/B1C2CCCC1CC2. The number of rotatable bonds is 5. The number of amides is 1. The van der Waals surface area contributed by atoms with E-state index in [2.05, 4.69) is 17.4 Å². The number of hydrogen-bond acceptors (Lipinski definition) is 2. The van der Waals surface area contributed by atoms with E-state index in [1.807, 2.05) is 0 Å². The van der Waals surface area contributed by atoms with E-state index < -0.39 is 0 Å². The summed E-state index contributed by atoms with van der Waals surface area (Å²) in [4.78, 5) is 11.2. The third-order valence-electron chi connectivity index (χ3n) is 4.20. The maximum absolute atomic E-state index is 11.2. The van der Waals surface area contributed by atoms with Gasteiger partial charge in [0.1, 0.15) is 6.61 Å². The largest absolute Gasteiger partial charge is 0.375 e. The standard InChI is InChI=1S/C13H22BNO2/c1-17-10-13(16)15-9-3-8-14-11-4-2-5-12(14)7-6-11/h3,8,11-12H,2,4-7,9-10H2,1H3,(H,15,16)/b8-3+. The highest BCUT2D eigenvalue weighted by Crippen LogP contribution is 2.49. The second kappa shape index (κ2) is 6.24. The van der Waals surface area contributed by atoms with Crippen LogP contribution in [0.3, 0.4) is 0 Å². The van der Waals surface area contributed by atoms with Gasteiger partial charge in [0.2, 0.25) is 5.91 Å². The van der Waals surface area contributed by atoms with Crippen molar-refractivity contribution in [3.63, 3.8) is 0 Å². The molecule has 1 amide bonds. The molecule has 3 nitrogen and oxygen atoms in total. The van der Waals surface area contributed by atoms with Gasteiger partial charge in [-0.05, 0) is 0 Å². The molecule has 1 N–H and O–H groups in total. The molecule has 2 atom stereocenters. The van der Waals surface area contributed by atoms with E-state index in [-0.39, 0.29) is 12.5 Å². The topological polar surface area (TPSA) is 38.3 Å². The molecule has 0 spiro atoms. The minimum Gasteiger partial charge on any atom is -0.375 e. The van der Waals surface area contributed by atoms with Crippen LogP contribution in [0.25, 0.3) is 0 Å². The molecule has 2 aliphatic heterocycles. The fourth-order valence-electron chi connectivity index (χ4n) is 3.41. The molecule has 0 aromatic carbocycles. The van der Waals surface area contributed by atoms with Gasteiger partial charge in [-0.2, -0.15) is 0 Å². The Morgan fingerprint density at radius 3 is 2.71 bits per heavy atom. The molecular formula is C13H22BNO2. The first-order valence-electron chi connectivity index (χ1n) is 6.73. The predicted octanol–water partition coefficient (Wildman–Crippen LogP) is 2.06. The number of ether oxygens (including phenoxy) is 1. The molecule has 0 aromatic heterocycles. The molecule has 2 bridgehead atoms. The number of nitrogens with one attached hydrogen (secondary N) is 1. The molecule has 2 rings (SSSR count). The van der Waals surface area contributed by atoms with Crippen LogP contribution in [0, 0.1) is 0 Å². The normalized spacial score (nSPS) is 27.7. The number of fused-ring (bicyclic) bond motifs is 2. The highest BCUT2D eigenvalue weighted by atomic mass is 16.5. The van der Waals surface area contributed by atoms with Crippen molar-refractivity contribution < 1.29 is 9.53 Å². The zero-order chi connectivity index (χ0) is 12.1. The Hall–Kier alpha value is -0.765. The lowest BCUT2D eigenvalue weighted by atomic mass is 9.34. The van der Waals surface area contributed by atoms with Gasteiger partial charge in [-0.15, -0.1) is 5.98 Å². The summed E-state index contributed by atoms with van der Waals surface area (Å²) < 4.78 is 4.76. The van der Waals surface area contributed by atoms with Crippen LogP contribution in [0.1, 0.15) is 32.1 Å². The summed E-state index contributed by atoms with van der Waals surface area (Å²) in [5, 5.41) is 2.82. The summed E-state index contributed by atoms with van der Waals surface area (Å²) in [6.07, 6.45) is 9.17. The van der Waals surface area contributed by atoms with Crippen molar-refractivity contribution in [3.05, 3.63) is 12.1 Å². The summed E-state index contributed by atoms with van der Waals surface area (Å²) in [6, 6.07) is 0. The monoisotopic (exact) mass is 235 g/mol. The maximum atomic E-state index is 11.2. The van der Waals surface area contributed by atoms with E-state index in [0.29, 0.717) is 6.54 Å². The minimum absolute atomic E-state index is 0.0382. The van der Waals surface area contributed by atoms with E-state index in [4.69, 9.17) is 4.74 Å². The lowest BCUT2D eigenvalue weighted by molar-refractivity contribution is -0.124. The van der Waals surface area contributed by atoms with Crippen LogP contribution in [-0.4, -0.2) is 32.9 Å². The van der Waals surface area contributed by atoms with Crippen LogP contribution >= 0.6 is 0 Å². The molecular weight excluding hydrogens is 213 g/mol. The van der Waals surface area contributed by atoms with Gasteiger partial charge in [-0.25, -0.2) is 0 Å². The lowest BCUT2D eigenvalue weighted by Crippen LogP contribution is -2.28. The van der Waals surface area contributed by atoms with Crippen molar-refractivity contribution in [1.82, 2.24) is 5.32 Å². The Morgan fingerprint density at radius 2 is 2.06 bits per heavy atom. The summed E-state index contributed by atoms with van der Waals surface area (Å²) in [6.45, 7) is 1.57. The van der Waals surface area contributed by atoms with Crippen molar-refractivity contribution in [2.75, 3.05) is 20.3 Å². The molecule has 2 saturated heterocycles. The van der Waals surface area contributed by atoms with Crippen LogP contribution in [0.5, 0.6) is 0 Å². The molecule has 2 heterocycles. The predicted molar refractivity (Wildman–Crippen MR) is 70.4 cm³/mol. The maximum Gasteiger partial charge on any atom is 0.246 e. The molecule has 2 aliphatic rings. The number of hydrogen-bond donors (Lipinski definition) is 1.